The first kappa shape index (κ1) is 7.55. The van der Waals surface area contributed by atoms with E-state index < -0.39 is 0 Å². The molecule has 1 aliphatic rings. The van der Waals surface area contributed by atoms with Gasteiger partial charge in [0.15, 0.2) is 6.29 Å². The van der Waals surface area contributed by atoms with E-state index in [2.05, 4.69) is 0 Å². The number of halogens is 1. The van der Waals surface area contributed by atoms with E-state index in [4.69, 9.17) is 21.1 Å². The van der Waals surface area contributed by atoms with E-state index in [1.54, 1.807) is 11.3 Å². The van der Waals surface area contributed by atoms with Crippen LogP contribution in [0, 0.1) is 0 Å². The van der Waals surface area contributed by atoms with Crippen molar-refractivity contribution in [1.82, 2.24) is 0 Å². The summed E-state index contributed by atoms with van der Waals surface area (Å²) in [5, 5.41) is 4.57. The van der Waals surface area contributed by atoms with Gasteiger partial charge >= 0.3 is 0 Å². The molecule has 0 amide bonds. The summed E-state index contributed by atoms with van der Waals surface area (Å²) in [4.78, 5) is 0. The van der Waals surface area contributed by atoms with Gasteiger partial charge in [0, 0.05) is 16.3 Å². The third-order valence-corrected chi connectivity index (χ3v) is 2.74. The molecule has 0 radical (unpaired) electrons. The maximum Gasteiger partial charge on any atom is 0.186 e. The number of hydrogen-bond acceptors (Lipinski definition) is 3. The SMILES string of the molecule is Clc1cscc1C1OCCO1. The largest absolute Gasteiger partial charge is 0.346 e. The van der Waals surface area contributed by atoms with Gasteiger partial charge in [0.05, 0.1) is 18.2 Å². The monoisotopic (exact) mass is 190 g/mol. The van der Waals surface area contributed by atoms with Crippen molar-refractivity contribution in [3.05, 3.63) is 21.3 Å². The lowest BCUT2D eigenvalue weighted by Crippen LogP contribution is -1.95. The first-order chi connectivity index (χ1) is 5.38. The van der Waals surface area contributed by atoms with E-state index in [-0.39, 0.29) is 6.29 Å². The zero-order valence-corrected chi connectivity index (χ0v) is 7.32. The number of rotatable bonds is 1. The Kier molecular flexibility index (Phi) is 2.13. The average Bonchev–Trinajstić information content (AvgIpc) is 2.55. The molecule has 0 spiro atoms. The third kappa shape index (κ3) is 1.42. The second kappa shape index (κ2) is 3.11. The lowest BCUT2D eigenvalue weighted by Gasteiger charge is -2.06. The van der Waals surface area contributed by atoms with Crippen LogP contribution in [0.4, 0.5) is 0 Å². The van der Waals surface area contributed by atoms with E-state index in [1.807, 2.05) is 10.8 Å². The highest BCUT2D eigenvalue weighted by Gasteiger charge is 2.20. The molecule has 0 unspecified atom stereocenters. The molecule has 0 N–H and O–H groups in total. The predicted octanol–water partition coefficient (Wildman–Crippen LogP) is 2.45. The van der Waals surface area contributed by atoms with Crippen LogP contribution in [0.3, 0.4) is 0 Å². The molecule has 0 aliphatic carbocycles. The van der Waals surface area contributed by atoms with E-state index in [9.17, 15) is 0 Å². The summed E-state index contributed by atoms with van der Waals surface area (Å²) in [6, 6.07) is 0. The minimum absolute atomic E-state index is 0.228. The molecular weight excluding hydrogens is 184 g/mol. The maximum atomic E-state index is 5.87. The first-order valence-electron chi connectivity index (χ1n) is 3.33. The smallest absolute Gasteiger partial charge is 0.186 e. The lowest BCUT2D eigenvalue weighted by atomic mass is 10.3. The van der Waals surface area contributed by atoms with Crippen LogP contribution in [0.5, 0.6) is 0 Å². The van der Waals surface area contributed by atoms with Crippen LogP contribution in [0.25, 0.3) is 0 Å². The fourth-order valence-corrected chi connectivity index (χ4v) is 2.07. The molecule has 1 fully saturated rings. The molecule has 11 heavy (non-hydrogen) atoms. The van der Waals surface area contributed by atoms with Crippen molar-refractivity contribution in [3.63, 3.8) is 0 Å². The quantitative estimate of drug-likeness (QED) is 0.677. The fraction of sp³-hybridized carbons (Fsp3) is 0.429. The minimum Gasteiger partial charge on any atom is -0.346 e. The van der Waals surface area contributed by atoms with Crippen LogP contribution in [-0.2, 0) is 9.47 Å². The minimum atomic E-state index is -0.228. The van der Waals surface area contributed by atoms with Crippen molar-refractivity contribution in [3.8, 4) is 0 Å². The Morgan fingerprint density at radius 3 is 2.64 bits per heavy atom. The van der Waals surface area contributed by atoms with Crippen LogP contribution < -0.4 is 0 Å². The van der Waals surface area contributed by atoms with E-state index >= 15 is 0 Å². The highest BCUT2D eigenvalue weighted by molar-refractivity contribution is 7.08. The van der Waals surface area contributed by atoms with Crippen molar-refractivity contribution >= 4 is 22.9 Å². The van der Waals surface area contributed by atoms with Crippen molar-refractivity contribution in [1.29, 1.82) is 0 Å². The molecular formula is C7H7ClO2S. The molecule has 4 heteroatoms. The average molecular weight is 191 g/mol. The van der Waals surface area contributed by atoms with E-state index in [1.165, 1.54) is 0 Å². The Hall–Kier alpha value is -0.0900. The Labute approximate surface area is 73.7 Å². The highest BCUT2D eigenvalue weighted by atomic mass is 35.5. The second-order valence-electron chi connectivity index (χ2n) is 2.25. The van der Waals surface area contributed by atoms with E-state index in [0.29, 0.717) is 13.2 Å². The lowest BCUT2D eigenvalue weighted by molar-refractivity contribution is -0.0437. The van der Waals surface area contributed by atoms with Crippen molar-refractivity contribution in [2.45, 2.75) is 6.29 Å². The van der Waals surface area contributed by atoms with Gasteiger partial charge in [-0.3, -0.25) is 0 Å². The molecule has 0 bridgehead atoms. The van der Waals surface area contributed by atoms with Crippen molar-refractivity contribution < 1.29 is 9.47 Å². The van der Waals surface area contributed by atoms with Crippen molar-refractivity contribution in [2.75, 3.05) is 13.2 Å². The summed E-state index contributed by atoms with van der Waals surface area (Å²) in [6.45, 7) is 1.33. The molecule has 2 rings (SSSR count). The molecule has 0 aromatic carbocycles. The summed E-state index contributed by atoms with van der Waals surface area (Å²) in [6.07, 6.45) is -0.228. The molecule has 1 aromatic heterocycles. The Morgan fingerprint density at radius 1 is 1.36 bits per heavy atom. The molecule has 1 saturated heterocycles. The molecule has 1 aliphatic heterocycles. The standard InChI is InChI=1S/C7H7ClO2S/c8-6-4-11-3-5(6)7-9-1-2-10-7/h3-4,7H,1-2H2. The van der Waals surface area contributed by atoms with Crippen LogP contribution in [0.15, 0.2) is 10.8 Å². The van der Waals surface area contributed by atoms with Crippen molar-refractivity contribution in [2.24, 2.45) is 0 Å². The molecule has 2 heterocycles. The summed E-state index contributed by atoms with van der Waals surface area (Å²) in [5.74, 6) is 0. The van der Waals surface area contributed by atoms with Crippen LogP contribution in [0.2, 0.25) is 5.02 Å². The third-order valence-electron chi connectivity index (χ3n) is 1.52. The maximum absolute atomic E-state index is 5.87. The highest BCUT2D eigenvalue weighted by Crippen LogP contribution is 2.31. The molecule has 1 aromatic rings. The fourth-order valence-electron chi connectivity index (χ4n) is 0.998. The molecule has 2 nitrogen and oxygen atoms in total. The number of thiophene rings is 1. The van der Waals surface area contributed by atoms with Crippen LogP contribution in [-0.4, -0.2) is 13.2 Å². The summed E-state index contributed by atoms with van der Waals surface area (Å²) < 4.78 is 10.6. The van der Waals surface area contributed by atoms with Crippen LogP contribution in [0.1, 0.15) is 11.9 Å². The van der Waals surface area contributed by atoms with Gasteiger partial charge in [-0.2, -0.15) is 11.3 Å². The molecule has 0 saturated carbocycles. The first-order valence-corrected chi connectivity index (χ1v) is 4.65. The Balaban J connectivity index is 2.21. The zero-order chi connectivity index (χ0) is 7.68. The van der Waals surface area contributed by atoms with Crippen LogP contribution >= 0.6 is 22.9 Å². The van der Waals surface area contributed by atoms with Gasteiger partial charge in [-0.15, -0.1) is 0 Å². The van der Waals surface area contributed by atoms with Gasteiger partial charge in [0.25, 0.3) is 0 Å². The van der Waals surface area contributed by atoms with Gasteiger partial charge in [-0.25, -0.2) is 0 Å². The van der Waals surface area contributed by atoms with E-state index in [0.717, 1.165) is 10.6 Å². The zero-order valence-electron chi connectivity index (χ0n) is 5.75. The Bertz CT molecular complexity index is 242. The predicted molar refractivity (Wildman–Crippen MR) is 44.0 cm³/mol. The summed E-state index contributed by atoms with van der Waals surface area (Å²) in [7, 11) is 0. The van der Waals surface area contributed by atoms with Gasteiger partial charge in [-0.05, 0) is 0 Å². The van der Waals surface area contributed by atoms with Gasteiger partial charge in [0.2, 0.25) is 0 Å². The topological polar surface area (TPSA) is 18.5 Å². The second-order valence-corrected chi connectivity index (χ2v) is 3.40. The normalized spacial score (nSPS) is 19.4. The number of ether oxygens (including phenoxy) is 2. The van der Waals surface area contributed by atoms with Gasteiger partial charge in [-0.1, -0.05) is 11.6 Å². The Morgan fingerprint density at radius 2 is 2.09 bits per heavy atom. The summed E-state index contributed by atoms with van der Waals surface area (Å²) in [5.41, 5.74) is 0.953. The van der Waals surface area contributed by atoms with Gasteiger partial charge in [0.1, 0.15) is 0 Å². The molecule has 0 atom stereocenters. The summed E-state index contributed by atoms with van der Waals surface area (Å²) >= 11 is 7.43. The van der Waals surface area contributed by atoms with Gasteiger partial charge < -0.3 is 9.47 Å². The number of hydrogen-bond donors (Lipinski definition) is 0. The molecule has 60 valence electrons.